The summed E-state index contributed by atoms with van der Waals surface area (Å²) >= 11 is 0. The largest absolute Gasteiger partial charge is 0.490 e. The van der Waals surface area contributed by atoms with E-state index in [-0.39, 0.29) is 19.0 Å². The lowest BCUT2D eigenvalue weighted by Crippen LogP contribution is -2.21. The molecule has 0 bridgehead atoms. The van der Waals surface area contributed by atoms with Crippen LogP contribution in [0.2, 0.25) is 0 Å². The van der Waals surface area contributed by atoms with Gasteiger partial charge in [0.25, 0.3) is 0 Å². The highest BCUT2D eigenvalue weighted by atomic mass is 31.2. The average Bonchev–Trinajstić information content (AvgIpc) is 2.77. The van der Waals surface area contributed by atoms with Gasteiger partial charge in [0.15, 0.2) is 11.6 Å². The second-order valence-electron chi connectivity index (χ2n) is 6.82. The molecule has 0 saturated heterocycles. The molecule has 8 heteroatoms. The minimum atomic E-state index is -3.37. The van der Waals surface area contributed by atoms with Crippen molar-refractivity contribution in [1.82, 2.24) is 4.98 Å². The summed E-state index contributed by atoms with van der Waals surface area (Å²) in [5.41, 5.74) is 0.679. The molecule has 0 aliphatic carbocycles. The van der Waals surface area contributed by atoms with Gasteiger partial charge in [0.05, 0.1) is 19.8 Å². The molecule has 0 unspecified atom stereocenters. The van der Waals surface area contributed by atoms with E-state index in [1.807, 2.05) is 37.1 Å². The van der Waals surface area contributed by atoms with E-state index in [0.29, 0.717) is 30.3 Å². The van der Waals surface area contributed by atoms with Gasteiger partial charge in [-0.15, -0.1) is 0 Å². The number of rotatable bonds is 13. The quantitative estimate of drug-likeness (QED) is 0.270. The smallest absolute Gasteiger partial charge is 0.357 e. The summed E-state index contributed by atoms with van der Waals surface area (Å²) in [7, 11) is -1.42. The lowest BCUT2D eigenvalue weighted by molar-refractivity contribution is 0.226. The second kappa shape index (κ2) is 12.6. The van der Waals surface area contributed by atoms with Gasteiger partial charge in [0.2, 0.25) is 0 Å². The fourth-order valence-corrected chi connectivity index (χ4v) is 4.79. The Bertz CT molecular complexity index is 882. The second-order valence-corrected chi connectivity index (χ2v) is 8.91. The molecule has 0 radical (unpaired) electrons. The average molecular weight is 450 g/mol. The van der Waals surface area contributed by atoms with Crippen LogP contribution in [0.3, 0.4) is 0 Å². The highest BCUT2D eigenvalue weighted by Gasteiger charge is 2.28. The molecular weight excluding hydrogens is 418 g/mol. The minimum absolute atomic E-state index is 0.160. The molecule has 0 amide bonds. The zero-order valence-corrected chi connectivity index (χ0v) is 19.6. The zero-order chi connectivity index (χ0) is 22.7. The molecule has 0 atom stereocenters. The zero-order valence-electron chi connectivity index (χ0n) is 18.7. The van der Waals surface area contributed by atoms with Gasteiger partial charge in [0, 0.05) is 25.1 Å². The maximum atomic E-state index is 14.2. The summed E-state index contributed by atoms with van der Waals surface area (Å²) in [6.45, 7) is 7.07. The molecule has 0 spiro atoms. The molecule has 170 valence electrons. The standard InChI is InChI=1S/C23H32FN2O4P/c1-5-20(31(27,29-6-2)30-7-3)17-19-12-13-21(24)22(18-19)28-16-10-15-26(4)23-11-8-9-14-25-23/h8-9,11-14,17-18H,5-7,10,15-16H2,1-4H3. The first-order valence-electron chi connectivity index (χ1n) is 10.6. The fourth-order valence-electron chi connectivity index (χ4n) is 3.01. The maximum Gasteiger partial charge on any atom is 0.357 e. The molecule has 0 N–H and O–H groups in total. The van der Waals surface area contributed by atoms with Crippen molar-refractivity contribution in [2.75, 3.05) is 38.3 Å². The summed E-state index contributed by atoms with van der Waals surface area (Å²) < 4.78 is 43.9. The first kappa shape index (κ1) is 25.1. The molecule has 31 heavy (non-hydrogen) atoms. The molecule has 1 aromatic carbocycles. The third-order valence-electron chi connectivity index (χ3n) is 4.54. The molecule has 6 nitrogen and oxygen atoms in total. The Morgan fingerprint density at radius 2 is 1.90 bits per heavy atom. The van der Waals surface area contributed by atoms with E-state index in [0.717, 1.165) is 12.4 Å². The first-order valence-corrected chi connectivity index (χ1v) is 12.1. The van der Waals surface area contributed by atoms with Crippen molar-refractivity contribution in [3.63, 3.8) is 0 Å². The third-order valence-corrected chi connectivity index (χ3v) is 6.88. The van der Waals surface area contributed by atoms with Crippen molar-refractivity contribution in [1.29, 1.82) is 0 Å². The Morgan fingerprint density at radius 1 is 1.16 bits per heavy atom. The molecular formula is C23H32FN2O4P. The predicted octanol–water partition coefficient (Wildman–Crippen LogP) is 6.14. The van der Waals surface area contributed by atoms with Gasteiger partial charge in [-0.05, 0) is 62.6 Å². The number of pyridine rings is 1. The first-order chi connectivity index (χ1) is 14.9. The van der Waals surface area contributed by atoms with Gasteiger partial charge in [0.1, 0.15) is 5.82 Å². The van der Waals surface area contributed by atoms with E-state index >= 15 is 0 Å². The summed E-state index contributed by atoms with van der Waals surface area (Å²) in [6, 6.07) is 10.3. The van der Waals surface area contributed by atoms with Crippen LogP contribution in [0.4, 0.5) is 10.2 Å². The molecule has 1 heterocycles. The van der Waals surface area contributed by atoms with Gasteiger partial charge >= 0.3 is 7.60 Å². The van der Waals surface area contributed by atoms with E-state index in [2.05, 4.69) is 4.98 Å². The summed E-state index contributed by atoms with van der Waals surface area (Å²) in [6.07, 6.45) is 4.67. The van der Waals surface area contributed by atoms with Gasteiger partial charge in [-0.2, -0.15) is 0 Å². The molecule has 0 saturated carbocycles. The Labute approximate surface area is 184 Å². The Kier molecular flexibility index (Phi) is 10.2. The summed E-state index contributed by atoms with van der Waals surface area (Å²) in [4.78, 5) is 6.32. The molecule has 0 aliphatic rings. The highest BCUT2D eigenvalue weighted by Crippen LogP contribution is 2.57. The fraction of sp³-hybridized carbons (Fsp3) is 0.435. The van der Waals surface area contributed by atoms with Gasteiger partial charge < -0.3 is 18.7 Å². The van der Waals surface area contributed by atoms with Crippen LogP contribution in [0.15, 0.2) is 47.9 Å². The van der Waals surface area contributed by atoms with Crippen molar-refractivity contribution < 1.29 is 22.7 Å². The number of benzene rings is 1. The van der Waals surface area contributed by atoms with Crippen molar-refractivity contribution >= 4 is 19.5 Å². The molecule has 2 aromatic rings. The molecule has 1 aromatic heterocycles. The summed E-state index contributed by atoms with van der Waals surface area (Å²) in [5, 5.41) is 0.547. The number of halogens is 1. The monoisotopic (exact) mass is 450 g/mol. The van der Waals surface area contributed by atoms with Crippen LogP contribution in [0, 0.1) is 5.82 Å². The van der Waals surface area contributed by atoms with Crippen LogP contribution < -0.4 is 9.64 Å². The number of aromatic nitrogens is 1. The van der Waals surface area contributed by atoms with Crippen molar-refractivity contribution in [3.05, 3.63) is 59.3 Å². The van der Waals surface area contributed by atoms with Crippen molar-refractivity contribution in [3.8, 4) is 5.75 Å². The number of hydrogen-bond donors (Lipinski definition) is 0. The molecule has 0 fully saturated rings. The van der Waals surface area contributed by atoms with Crippen LogP contribution in [-0.2, 0) is 13.6 Å². The normalized spacial score (nSPS) is 12.1. The van der Waals surface area contributed by atoms with Gasteiger partial charge in [-0.3, -0.25) is 4.57 Å². The SMILES string of the molecule is CCOP(=O)(OCC)C(=Cc1ccc(F)c(OCCCN(C)c2ccccn2)c1)CC. The van der Waals surface area contributed by atoms with Crippen LogP contribution >= 0.6 is 7.60 Å². The number of nitrogens with zero attached hydrogens (tertiary/aromatic N) is 2. The van der Waals surface area contributed by atoms with E-state index in [4.69, 9.17) is 13.8 Å². The molecule has 2 rings (SSSR count). The van der Waals surface area contributed by atoms with Gasteiger partial charge in [-0.25, -0.2) is 9.37 Å². The molecule has 0 aliphatic heterocycles. The van der Waals surface area contributed by atoms with Crippen LogP contribution in [0.25, 0.3) is 6.08 Å². The van der Waals surface area contributed by atoms with E-state index in [1.165, 1.54) is 6.07 Å². The topological polar surface area (TPSA) is 60.9 Å². The Balaban J connectivity index is 2.05. The van der Waals surface area contributed by atoms with Gasteiger partial charge in [-0.1, -0.05) is 19.1 Å². The third kappa shape index (κ3) is 7.46. The van der Waals surface area contributed by atoms with Crippen LogP contribution in [-0.4, -0.2) is 38.4 Å². The number of allylic oxidation sites excluding steroid dienone is 1. The number of ether oxygens (including phenoxy) is 1. The predicted molar refractivity (Wildman–Crippen MR) is 123 cm³/mol. The van der Waals surface area contributed by atoms with E-state index in [1.54, 1.807) is 38.3 Å². The summed E-state index contributed by atoms with van der Waals surface area (Å²) in [5.74, 6) is 0.597. The minimum Gasteiger partial charge on any atom is -0.490 e. The van der Waals surface area contributed by atoms with Crippen LogP contribution in [0.1, 0.15) is 39.2 Å². The number of hydrogen-bond acceptors (Lipinski definition) is 6. The van der Waals surface area contributed by atoms with E-state index in [9.17, 15) is 8.96 Å². The Morgan fingerprint density at radius 3 is 2.52 bits per heavy atom. The highest BCUT2D eigenvalue weighted by molar-refractivity contribution is 7.58. The lowest BCUT2D eigenvalue weighted by Gasteiger charge is -2.19. The lowest BCUT2D eigenvalue weighted by atomic mass is 10.2. The van der Waals surface area contributed by atoms with E-state index < -0.39 is 13.4 Å². The van der Waals surface area contributed by atoms with Crippen molar-refractivity contribution in [2.24, 2.45) is 0 Å². The van der Waals surface area contributed by atoms with Crippen molar-refractivity contribution in [2.45, 2.75) is 33.6 Å². The maximum absolute atomic E-state index is 14.2. The van der Waals surface area contributed by atoms with Crippen LogP contribution in [0.5, 0.6) is 5.75 Å². The number of anilines is 1. The Hall–Kier alpha value is -2.21.